The van der Waals surface area contributed by atoms with Crippen LogP contribution in [0.5, 0.6) is 0 Å². The predicted molar refractivity (Wildman–Crippen MR) is 58.6 cm³/mol. The number of rotatable bonds is 4. The third kappa shape index (κ3) is 3.82. The minimum atomic E-state index is -0.628. The van der Waals surface area contributed by atoms with E-state index in [0.29, 0.717) is 5.69 Å². The smallest absolute Gasteiger partial charge is 0.312 e. The van der Waals surface area contributed by atoms with Crippen LogP contribution in [0.4, 0.5) is 10.5 Å². The van der Waals surface area contributed by atoms with Crippen molar-refractivity contribution in [3.05, 3.63) is 24.0 Å². The fraction of sp³-hybridized carbons (Fsp3) is 0.222. The molecule has 0 fully saturated rings. The van der Waals surface area contributed by atoms with Crippen molar-refractivity contribution < 1.29 is 9.59 Å². The first-order valence-corrected chi connectivity index (χ1v) is 4.62. The van der Waals surface area contributed by atoms with Gasteiger partial charge in [0.15, 0.2) is 0 Å². The molecule has 16 heavy (non-hydrogen) atoms. The zero-order chi connectivity index (χ0) is 12.0. The van der Waals surface area contributed by atoms with Crippen LogP contribution < -0.4 is 22.1 Å². The number of aromatic nitrogens is 1. The molecule has 6 N–H and O–H groups in total. The summed E-state index contributed by atoms with van der Waals surface area (Å²) in [4.78, 5) is 25.6. The predicted octanol–water partition coefficient (Wildman–Crippen LogP) is -0.938. The number of hydrogen-bond donors (Lipinski definition) is 4. The number of nitrogens with one attached hydrogen (secondary N) is 2. The number of anilines is 1. The SMILES string of the molecule is NC(=O)NCCNC(=O)c1cc(N)ccn1. The maximum absolute atomic E-state index is 11.5. The van der Waals surface area contributed by atoms with Crippen molar-refractivity contribution in [2.75, 3.05) is 18.8 Å². The van der Waals surface area contributed by atoms with Gasteiger partial charge in [-0.1, -0.05) is 0 Å². The summed E-state index contributed by atoms with van der Waals surface area (Å²) >= 11 is 0. The molecule has 0 aliphatic rings. The Kier molecular flexibility index (Phi) is 4.07. The number of primary amides is 1. The first-order valence-electron chi connectivity index (χ1n) is 4.62. The van der Waals surface area contributed by atoms with E-state index in [0.717, 1.165) is 0 Å². The maximum Gasteiger partial charge on any atom is 0.312 e. The van der Waals surface area contributed by atoms with Crippen molar-refractivity contribution in [2.24, 2.45) is 5.73 Å². The van der Waals surface area contributed by atoms with Crippen LogP contribution in [0.2, 0.25) is 0 Å². The second-order valence-electron chi connectivity index (χ2n) is 3.02. The summed E-state index contributed by atoms with van der Waals surface area (Å²) in [7, 11) is 0. The Hall–Kier alpha value is -2.31. The number of urea groups is 1. The third-order valence-corrected chi connectivity index (χ3v) is 1.73. The van der Waals surface area contributed by atoms with Crippen LogP contribution in [0, 0.1) is 0 Å². The van der Waals surface area contributed by atoms with E-state index < -0.39 is 6.03 Å². The minimum Gasteiger partial charge on any atom is -0.399 e. The lowest BCUT2D eigenvalue weighted by Gasteiger charge is -2.05. The highest BCUT2D eigenvalue weighted by atomic mass is 16.2. The number of nitrogens with zero attached hydrogens (tertiary/aromatic N) is 1. The van der Waals surface area contributed by atoms with Crippen molar-refractivity contribution in [2.45, 2.75) is 0 Å². The second kappa shape index (κ2) is 5.54. The summed E-state index contributed by atoms with van der Waals surface area (Å²) in [6, 6.07) is 2.43. The fourth-order valence-electron chi connectivity index (χ4n) is 1.02. The zero-order valence-electron chi connectivity index (χ0n) is 8.56. The van der Waals surface area contributed by atoms with Gasteiger partial charge in [-0.25, -0.2) is 4.79 Å². The molecule has 0 atom stereocenters. The number of hydrogen-bond acceptors (Lipinski definition) is 4. The van der Waals surface area contributed by atoms with Crippen LogP contribution in [-0.2, 0) is 0 Å². The fourth-order valence-corrected chi connectivity index (χ4v) is 1.02. The van der Waals surface area contributed by atoms with E-state index in [2.05, 4.69) is 15.6 Å². The molecule has 1 heterocycles. The van der Waals surface area contributed by atoms with Gasteiger partial charge in [0, 0.05) is 25.0 Å². The van der Waals surface area contributed by atoms with Gasteiger partial charge in [-0.3, -0.25) is 9.78 Å². The molecule has 0 saturated heterocycles. The van der Waals surface area contributed by atoms with E-state index in [1.54, 1.807) is 6.07 Å². The van der Waals surface area contributed by atoms with Gasteiger partial charge in [0.05, 0.1) is 0 Å². The Morgan fingerprint density at radius 1 is 1.31 bits per heavy atom. The van der Waals surface area contributed by atoms with Crippen LogP contribution in [-0.4, -0.2) is 30.0 Å². The molecule has 1 rings (SSSR count). The van der Waals surface area contributed by atoms with E-state index in [-0.39, 0.29) is 24.7 Å². The molecule has 1 aromatic rings. The van der Waals surface area contributed by atoms with Gasteiger partial charge in [-0.05, 0) is 12.1 Å². The van der Waals surface area contributed by atoms with Crippen LogP contribution >= 0.6 is 0 Å². The molecule has 0 radical (unpaired) electrons. The molecule has 0 unspecified atom stereocenters. The van der Waals surface area contributed by atoms with Gasteiger partial charge in [-0.15, -0.1) is 0 Å². The number of carbonyl (C=O) groups is 2. The van der Waals surface area contributed by atoms with Crippen LogP contribution in [0.25, 0.3) is 0 Å². The van der Waals surface area contributed by atoms with E-state index in [1.165, 1.54) is 12.3 Å². The summed E-state index contributed by atoms with van der Waals surface area (Å²) < 4.78 is 0. The van der Waals surface area contributed by atoms with E-state index in [1.807, 2.05) is 0 Å². The monoisotopic (exact) mass is 223 g/mol. The lowest BCUT2D eigenvalue weighted by Crippen LogP contribution is -2.37. The average Bonchev–Trinajstić information content (AvgIpc) is 2.24. The van der Waals surface area contributed by atoms with Gasteiger partial charge in [-0.2, -0.15) is 0 Å². The highest BCUT2D eigenvalue weighted by Gasteiger charge is 2.05. The van der Waals surface area contributed by atoms with Crippen molar-refractivity contribution in [3.63, 3.8) is 0 Å². The van der Waals surface area contributed by atoms with E-state index in [9.17, 15) is 9.59 Å². The zero-order valence-corrected chi connectivity index (χ0v) is 8.56. The Balaban J connectivity index is 2.38. The van der Waals surface area contributed by atoms with E-state index >= 15 is 0 Å². The van der Waals surface area contributed by atoms with Crippen LogP contribution in [0.15, 0.2) is 18.3 Å². The van der Waals surface area contributed by atoms with Crippen molar-refractivity contribution in [3.8, 4) is 0 Å². The van der Waals surface area contributed by atoms with E-state index in [4.69, 9.17) is 11.5 Å². The Bertz CT molecular complexity index is 393. The average molecular weight is 223 g/mol. The van der Waals surface area contributed by atoms with Gasteiger partial charge < -0.3 is 22.1 Å². The number of nitrogen functional groups attached to an aromatic ring is 1. The molecule has 0 aromatic carbocycles. The maximum atomic E-state index is 11.5. The molecule has 86 valence electrons. The number of nitrogens with two attached hydrogens (primary N) is 2. The van der Waals surface area contributed by atoms with Gasteiger partial charge in [0.1, 0.15) is 5.69 Å². The summed E-state index contributed by atoms with van der Waals surface area (Å²) in [5, 5.41) is 4.90. The molecule has 3 amide bonds. The van der Waals surface area contributed by atoms with Gasteiger partial charge in [0.2, 0.25) is 0 Å². The first kappa shape index (κ1) is 11.8. The minimum absolute atomic E-state index is 0.235. The molecular formula is C9H13N5O2. The summed E-state index contributed by atoms with van der Waals surface area (Å²) in [5.41, 5.74) is 11.0. The quantitative estimate of drug-likeness (QED) is 0.492. The summed E-state index contributed by atoms with van der Waals surface area (Å²) in [5.74, 6) is -0.349. The van der Waals surface area contributed by atoms with Gasteiger partial charge in [0.25, 0.3) is 5.91 Å². The normalized spacial score (nSPS) is 9.50. The third-order valence-electron chi connectivity index (χ3n) is 1.73. The summed E-state index contributed by atoms with van der Waals surface area (Å²) in [6.07, 6.45) is 1.45. The first-order chi connectivity index (χ1) is 7.59. The molecule has 0 aliphatic carbocycles. The highest BCUT2D eigenvalue weighted by molar-refractivity contribution is 5.92. The molecule has 7 heteroatoms. The molecule has 0 bridgehead atoms. The van der Waals surface area contributed by atoms with Crippen molar-refractivity contribution in [1.82, 2.24) is 15.6 Å². The molecular weight excluding hydrogens is 210 g/mol. The standard InChI is InChI=1S/C9H13N5O2/c10-6-1-2-12-7(5-6)8(15)13-3-4-14-9(11)16/h1-2,5H,3-4H2,(H2,10,12)(H,13,15)(H3,11,14,16). The molecule has 0 saturated carbocycles. The topological polar surface area (TPSA) is 123 Å². The Morgan fingerprint density at radius 3 is 2.62 bits per heavy atom. The summed E-state index contributed by atoms with van der Waals surface area (Å²) in [6.45, 7) is 0.543. The highest BCUT2D eigenvalue weighted by Crippen LogP contribution is 2.01. The number of pyridine rings is 1. The lowest BCUT2D eigenvalue weighted by molar-refractivity contribution is 0.0949. The van der Waals surface area contributed by atoms with Crippen molar-refractivity contribution >= 4 is 17.6 Å². The Morgan fingerprint density at radius 2 is 2.00 bits per heavy atom. The molecule has 7 nitrogen and oxygen atoms in total. The Labute approximate surface area is 92.2 Å². The molecule has 0 spiro atoms. The largest absolute Gasteiger partial charge is 0.399 e. The van der Waals surface area contributed by atoms with Gasteiger partial charge >= 0.3 is 6.03 Å². The lowest BCUT2D eigenvalue weighted by atomic mass is 10.3. The number of carbonyl (C=O) groups excluding carboxylic acids is 2. The van der Waals surface area contributed by atoms with Crippen molar-refractivity contribution in [1.29, 1.82) is 0 Å². The van der Waals surface area contributed by atoms with Crippen LogP contribution in [0.3, 0.4) is 0 Å². The second-order valence-corrected chi connectivity index (χ2v) is 3.02. The molecule has 0 aliphatic heterocycles. The molecule has 1 aromatic heterocycles. The number of amides is 3. The van der Waals surface area contributed by atoms with Crippen LogP contribution in [0.1, 0.15) is 10.5 Å².